The maximum Gasteiger partial charge on any atom is 0.490 e. The molecule has 3 heterocycles. The van der Waals surface area contributed by atoms with Gasteiger partial charge < -0.3 is 19.7 Å². The van der Waals surface area contributed by atoms with Gasteiger partial charge in [-0.15, -0.1) is 10.2 Å². The summed E-state index contributed by atoms with van der Waals surface area (Å²) in [6, 6.07) is 11.7. The van der Waals surface area contributed by atoms with Gasteiger partial charge in [0, 0.05) is 30.8 Å². The van der Waals surface area contributed by atoms with E-state index in [-0.39, 0.29) is 35.6 Å². The predicted octanol–water partition coefficient (Wildman–Crippen LogP) is 4.36. The highest BCUT2D eigenvalue weighted by molar-refractivity contribution is 5.95. The first-order chi connectivity index (χ1) is 18.0. The topological polar surface area (TPSA) is 112 Å². The number of carboxylic acids is 1. The molecule has 0 bridgehead atoms. The van der Waals surface area contributed by atoms with E-state index in [4.69, 9.17) is 14.3 Å². The van der Waals surface area contributed by atoms with Crippen LogP contribution in [0.15, 0.2) is 46.9 Å². The molecule has 2 amide bonds. The van der Waals surface area contributed by atoms with Crippen LogP contribution in [0.2, 0.25) is 0 Å². The minimum atomic E-state index is -5.08. The van der Waals surface area contributed by atoms with Crippen molar-refractivity contribution >= 4 is 17.7 Å². The summed E-state index contributed by atoms with van der Waals surface area (Å²) in [5, 5.41) is 17.1. The second kappa shape index (κ2) is 10.7. The first kappa shape index (κ1) is 26.9. The number of amides is 2. The van der Waals surface area contributed by atoms with Gasteiger partial charge in [0.15, 0.2) is 0 Å². The van der Waals surface area contributed by atoms with Crippen molar-refractivity contribution in [2.45, 2.75) is 31.7 Å². The van der Waals surface area contributed by atoms with Gasteiger partial charge in [-0.2, -0.15) is 22.0 Å². The molecule has 2 N–H and O–H groups in total. The van der Waals surface area contributed by atoms with E-state index in [1.54, 1.807) is 9.80 Å². The number of aliphatic carboxylic acids is 1. The van der Waals surface area contributed by atoms with Gasteiger partial charge in [-0.25, -0.2) is 14.0 Å². The fraction of sp³-hybridized carbons (Fsp3) is 0.304. The van der Waals surface area contributed by atoms with Crippen molar-refractivity contribution in [2.24, 2.45) is 0 Å². The average Bonchev–Trinajstić information content (AvgIpc) is 3.32. The minimum absolute atomic E-state index is 0.0325. The maximum absolute atomic E-state index is 14.9. The number of aromatic nitrogens is 2. The third-order valence-corrected chi connectivity index (χ3v) is 5.80. The summed E-state index contributed by atoms with van der Waals surface area (Å²) < 4.78 is 76.8. The zero-order valence-corrected chi connectivity index (χ0v) is 19.3. The van der Waals surface area contributed by atoms with E-state index in [0.29, 0.717) is 6.54 Å². The van der Waals surface area contributed by atoms with Crippen LogP contribution in [-0.4, -0.2) is 57.5 Å². The molecule has 1 saturated heterocycles. The van der Waals surface area contributed by atoms with E-state index < -0.39 is 30.3 Å². The lowest BCUT2D eigenvalue weighted by Crippen LogP contribution is -2.62. The Morgan fingerprint density at radius 3 is 2.39 bits per heavy atom. The fourth-order valence-corrected chi connectivity index (χ4v) is 3.77. The second-order valence-corrected chi connectivity index (χ2v) is 8.29. The number of rotatable bonds is 5. The van der Waals surface area contributed by atoms with Crippen molar-refractivity contribution in [3.05, 3.63) is 65.3 Å². The Labute approximate surface area is 210 Å². The number of nitrogens with one attached hydrogen (secondary N) is 1. The lowest BCUT2D eigenvalue weighted by molar-refractivity contribution is -0.192. The number of fused-ring (bicyclic) bond motifs is 1. The molecule has 0 saturated carbocycles. The molecule has 202 valence electrons. The molecule has 2 aromatic carbocycles. The number of urea groups is 1. The van der Waals surface area contributed by atoms with Crippen LogP contribution in [0.5, 0.6) is 0 Å². The summed E-state index contributed by atoms with van der Waals surface area (Å²) in [6.45, 7) is 2.01. The van der Waals surface area contributed by atoms with Gasteiger partial charge in [-0.3, -0.25) is 4.90 Å². The molecule has 38 heavy (non-hydrogen) atoms. The van der Waals surface area contributed by atoms with Gasteiger partial charge in [0.05, 0.1) is 18.3 Å². The van der Waals surface area contributed by atoms with Crippen LogP contribution in [0, 0.1) is 5.82 Å². The number of alkyl halides is 5. The van der Waals surface area contributed by atoms with Crippen molar-refractivity contribution in [1.82, 2.24) is 20.4 Å². The van der Waals surface area contributed by atoms with E-state index in [9.17, 15) is 31.1 Å². The molecular formula is C23H19F6N5O4. The number of carboxylic acid groups (broad SMARTS) is 1. The minimum Gasteiger partial charge on any atom is -0.475 e. The first-order valence-electron chi connectivity index (χ1n) is 11.0. The van der Waals surface area contributed by atoms with Crippen molar-refractivity contribution in [2.75, 3.05) is 18.0 Å². The second-order valence-electron chi connectivity index (χ2n) is 8.29. The number of nitrogens with zero attached hydrogens (tertiary/aromatic N) is 4. The number of carbonyl (C=O) groups is 2. The molecule has 1 aromatic heterocycles. The SMILES string of the molecule is O=C(O)C(F)(F)F.O=C1N(Cc2ccc(-c3nnc(C(F)F)o3)cc2F)c2ccccc2CN1C1CNC1. The number of halogens is 6. The Balaban J connectivity index is 0.000000426. The van der Waals surface area contributed by atoms with Crippen LogP contribution in [0.25, 0.3) is 11.5 Å². The molecule has 0 aliphatic carbocycles. The largest absolute Gasteiger partial charge is 0.490 e. The standard InChI is InChI=1S/C21H18F3N5O2.C2HF3O2/c22-16-7-12(19-26-27-20(31-19)18(23)24)5-6-13(16)10-29-17-4-2-1-3-14(17)11-28(21(29)30)15-8-25-9-15;3-2(4,5)1(6)7/h1-7,15,18,25H,8-11H2;(H,6,7). The Morgan fingerprint density at radius 2 is 1.84 bits per heavy atom. The number of benzene rings is 2. The Kier molecular flexibility index (Phi) is 7.57. The monoisotopic (exact) mass is 543 g/mol. The lowest BCUT2D eigenvalue weighted by Gasteiger charge is -2.44. The zero-order valence-electron chi connectivity index (χ0n) is 19.3. The Morgan fingerprint density at radius 1 is 1.16 bits per heavy atom. The Bertz CT molecular complexity index is 1330. The van der Waals surface area contributed by atoms with Gasteiger partial charge in [-0.05, 0) is 23.8 Å². The smallest absolute Gasteiger partial charge is 0.475 e. The zero-order chi connectivity index (χ0) is 27.6. The van der Waals surface area contributed by atoms with Crippen LogP contribution in [0.4, 0.5) is 36.8 Å². The molecular weight excluding hydrogens is 524 g/mol. The summed E-state index contributed by atoms with van der Waals surface area (Å²) >= 11 is 0. The predicted molar refractivity (Wildman–Crippen MR) is 119 cm³/mol. The van der Waals surface area contributed by atoms with Crippen LogP contribution in [0.1, 0.15) is 23.4 Å². The third kappa shape index (κ3) is 5.72. The first-order valence-corrected chi connectivity index (χ1v) is 11.0. The van der Waals surface area contributed by atoms with Crippen molar-refractivity contribution in [3.8, 4) is 11.5 Å². The highest BCUT2D eigenvalue weighted by Crippen LogP contribution is 2.32. The van der Waals surface area contributed by atoms with Crippen molar-refractivity contribution in [1.29, 1.82) is 0 Å². The highest BCUT2D eigenvalue weighted by Gasteiger charge is 2.38. The summed E-state index contributed by atoms with van der Waals surface area (Å²) in [7, 11) is 0. The van der Waals surface area contributed by atoms with Crippen LogP contribution >= 0.6 is 0 Å². The highest BCUT2D eigenvalue weighted by atomic mass is 19.4. The van der Waals surface area contributed by atoms with Gasteiger partial charge in [-0.1, -0.05) is 24.3 Å². The quantitative estimate of drug-likeness (QED) is 0.460. The van der Waals surface area contributed by atoms with E-state index in [1.807, 2.05) is 24.3 Å². The number of carbonyl (C=O) groups excluding carboxylic acids is 1. The number of hydrogen-bond donors (Lipinski definition) is 2. The molecule has 0 atom stereocenters. The van der Waals surface area contributed by atoms with Crippen LogP contribution < -0.4 is 10.2 Å². The number of hydrogen-bond acceptors (Lipinski definition) is 6. The number of anilines is 1. The molecule has 15 heteroatoms. The fourth-order valence-electron chi connectivity index (χ4n) is 3.77. The van der Waals surface area contributed by atoms with Crippen LogP contribution in [-0.2, 0) is 17.9 Å². The van der Waals surface area contributed by atoms with Gasteiger partial charge >= 0.3 is 24.6 Å². The third-order valence-electron chi connectivity index (χ3n) is 5.80. The van der Waals surface area contributed by atoms with Gasteiger partial charge in [0.25, 0.3) is 5.89 Å². The summed E-state index contributed by atoms with van der Waals surface area (Å²) in [6.07, 6.45) is -7.98. The molecule has 5 rings (SSSR count). The number of para-hydroxylation sites is 1. The van der Waals surface area contributed by atoms with E-state index in [1.165, 1.54) is 12.1 Å². The van der Waals surface area contributed by atoms with E-state index in [0.717, 1.165) is 30.4 Å². The van der Waals surface area contributed by atoms with E-state index >= 15 is 0 Å². The normalized spacial score (nSPS) is 15.6. The van der Waals surface area contributed by atoms with Gasteiger partial charge in [0.2, 0.25) is 5.89 Å². The summed E-state index contributed by atoms with van der Waals surface area (Å²) in [4.78, 5) is 25.5. The van der Waals surface area contributed by atoms with Crippen molar-refractivity contribution < 1.29 is 45.5 Å². The van der Waals surface area contributed by atoms with Gasteiger partial charge in [0.1, 0.15) is 5.82 Å². The summed E-state index contributed by atoms with van der Waals surface area (Å²) in [5.74, 6) is -4.36. The average molecular weight is 543 g/mol. The molecule has 0 unspecified atom stereocenters. The molecule has 2 aliphatic heterocycles. The molecule has 0 radical (unpaired) electrons. The maximum atomic E-state index is 14.9. The molecule has 0 spiro atoms. The lowest BCUT2D eigenvalue weighted by atomic mass is 10.0. The Hall–Kier alpha value is -4.14. The van der Waals surface area contributed by atoms with Crippen LogP contribution in [0.3, 0.4) is 0 Å². The summed E-state index contributed by atoms with van der Waals surface area (Å²) in [5.41, 5.74) is 2.22. The molecule has 3 aromatic rings. The van der Waals surface area contributed by atoms with E-state index in [2.05, 4.69) is 15.5 Å². The van der Waals surface area contributed by atoms with Crippen molar-refractivity contribution in [3.63, 3.8) is 0 Å². The molecule has 1 fully saturated rings. The molecule has 2 aliphatic rings. The molecule has 9 nitrogen and oxygen atoms in total.